The third-order valence-corrected chi connectivity index (χ3v) is 5.66. The third kappa shape index (κ3) is 4.14. The Labute approximate surface area is 168 Å². The molecule has 0 aliphatic carbocycles. The first-order chi connectivity index (χ1) is 13.4. The predicted molar refractivity (Wildman–Crippen MR) is 117 cm³/mol. The van der Waals surface area contributed by atoms with E-state index in [1.54, 1.807) is 31.4 Å². The maximum atomic E-state index is 12.7. The van der Waals surface area contributed by atoms with Gasteiger partial charge in [-0.3, -0.25) is 10.2 Å². The Bertz CT molecular complexity index is 1040. The van der Waals surface area contributed by atoms with Gasteiger partial charge in [0.25, 0.3) is 5.91 Å². The summed E-state index contributed by atoms with van der Waals surface area (Å²) in [6.07, 6.45) is 0.886. The van der Waals surface area contributed by atoms with Gasteiger partial charge in [-0.15, -0.1) is 0 Å². The monoisotopic (exact) mass is 396 g/mol. The summed E-state index contributed by atoms with van der Waals surface area (Å²) in [5, 5.41) is 8.10. The summed E-state index contributed by atoms with van der Waals surface area (Å²) in [4.78, 5) is 17.3. The van der Waals surface area contributed by atoms with E-state index in [9.17, 15) is 4.79 Å². The summed E-state index contributed by atoms with van der Waals surface area (Å²) in [6.45, 7) is 8.01. The predicted octanol–water partition coefficient (Wildman–Crippen LogP) is 5.37. The molecule has 0 fully saturated rings. The molecule has 6 nitrogen and oxygen atoms in total. The highest BCUT2D eigenvalue weighted by atomic mass is 32.1. The lowest BCUT2D eigenvalue weighted by Gasteiger charge is -2.12. The largest absolute Gasteiger partial charge is 0.497 e. The van der Waals surface area contributed by atoms with Crippen LogP contribution in [-0.4, -0.2) is 23.7 Å². The van der Waals surface area contributed by atoms with Crippen LogP contribution in [0.3, 0.4) is 0 Å². The highest BCUT2D eigenvalue weighted by molar-refractivity contribution is 7.22. The van der Waals surface area contributed by atoms with Crippen molar-refractivity contribution in [1.82, 2.24) is 4.98 Å². The smallest absolute Gasteiger partial charge is 0.255 e. The summed E-state index contributed by atoms with van der Waals surface area (Å²) in [5.41, 5.74) is 8.30. The third-order valence-electron chi connectivity index (χ3n) is 4.56. The zero-order chi connectivity index (χ0) is 20.3. The molecule has 0 bridgehead atoms. The van der Waals surface area contributed by atoms with Crippen molar-refractivity contribution in [2.24, 2.45) is 5.10 Å². The maximum absolute atomic E-state index is 12.7. The summed E-state index contributed by atoms with van der Waals surface area (Å²) in [6, 6.07) is 9.04. The van der Waals surface area contributed by atoms with Crippen LogP contribution in [0.1, 0.15) is 41.8 Å². The molecule has 2 aromatic carbocycles. The Hall–Kier alpha value is -2.93. The van der Waals surface area contributed by atoms with Crippen LogP contribution in [0.4, 0.5) is 10.8 Å². The number of carbonyl (C=O) groups is 1. The van der Waals surface area contributed by atoms with Crippen LogP contribution in [0.2, 0.25) is 0 Å². The number of benzene rings is 2. The number of nitrogens with one attached hydrogen (secondary N) is 2. The maximum Gasteiger partial charge on any atom is 0.255 e. The molecular formula is C21H24N4O2S. The second-order valence-electron chi connectivity index (χ2n) is 6.56. The number of hydrazone groups is 1. The summed E-state index contributed by atoms with van der Waals surface area (Å²) in [7, 11) is 1.60. The number of ether oxygens (including phenoxy) is 1. The van der Waals surface area contributed by atoms with Gasteiger partial charge in [0.15, 0.2) is 0 Å². The normalized spacial score (nSPS) is 11.5. The van der Waals surface area contributed by atoms with Gasteiger partial charge < -0.3 is 10.1 Å². The molecule has 3 rings (SSSR count). The minimum atomic E-state index is -0.153. The van der Waals surface area contributed by atoms with Crippen molar-refractivity contribution in [3.63, 3.8) is 0 Å². The van der Waals surface area contributed by atoms with Gasteiger partial charge >= 0.3 is 0 Å². The average Bonchev–Trinajstić information content (AvgIpc) is 3.12. The molecule has 0 spiro atoms. The zero-order valence-corrected chi connectivity index (χ0v) is 17.5. The fourth-order valence-corrected chi connectivity index (χ4v) is 3.67. The van der Waals surface area contributed by atoms with Crippen molar-refractivity contribution in [1.29, 1.82) is 0 Å². The molecule has 1 aromatic heterocycles. The van der Waals surface area contributed by atoms with Crippen molar-refractivity contribution in [2.75, 3.05) is 17.9 Å². The number of thiazole rings is 1. The molecule has 3 aromatic rings. The number of hydrogen-bond donors (Lipinski definition) is 2. The number of aryl methyl sites for hydroxylation is 2. The fourth-order valence-electron chi connectivity index (χ4n) is 2.78. The second kappa shape index (κ2) is 8.39. The van der Waals surface area contributed by atoms with E-state index >= 15 is 0 Å². The van der Waals surface area contributed by atoms with Crippen LogP contribution in [-0.2, 0) is 0 Å². The summed E-state index contributed by atoms with van der Waals surface area (Å²) < 4.78 is 6.18. The van der Waals surface area contributed by atoms with Gasteiger partial charge in [-0.2, -0.15) is 5.10 Å². The van der Waals surface area contributed by atoms with Crippen molar-refractivity contribution < 1.29 is 9.53 Å². The molecule has 28 heavy (non-hydrogen) atoms. The van der Waals surface area contributed by atoms with Gasteiger partial charge in [0.2, 0.25) is 5.13 Å². The number of aromatic nitrogens is 1. The van der Waals surface area contributed by atoms with Gasteiger partial charge in [0, 0.05) is 17.0 Å². The molecule has 0 unspecified atom stereocenters. The Morgan fingerprint density at radius 1 is 1.25 bits per heavy atom. The van der Waals surface area contributed by atoms with E-state index < -0.39 is 0 Å². The lowest BCUT2D eigenvalue weighted by molar-refractivity contribution is 0.102. The number of rotatable bonds is 6. The van der Waals surface area contributed by atoms with E-state index in [4.69, 9.17) is 4.74 Å². The molecule has 1 amide bonds. The number of amides is 1. The Balaban J connectivity index is 1.89. The van der Waals surface area contributed by atoms with E-state index in [0.29, 0.717) is 5.56 Å². The molecular weight excluding hydrogens is 372 g/mol. The van der Waals surface area contributed by atoms with E-state index in [1.165, 1.54) is 11.3 Å². The summed E-state index contributed by atoms with van der Waals surface area (Å²) >= 11 is 1.53. The molecule has 0 atom stereocenters. The van der Waals surface area contributed by atoms with Crippen LogP contribution in [0.15, 0.2) is 35.4 Å². The Morgan fingerprint density at radius 2 is 1.96 bits per heavy atom. The highest BCUT2D eigenvalue weighted by Crippen LogP contribution is 2.35. The first-order valence-corrected chi connectivity index (χ1v) is 9.90. The average molecular weight is 397 g/mol. The van der Waals surface area contributed by atoms with Gasteiger partial charge in [0.05, 0.1) is 17.3 Å². The first kappa shape index (κ1) is 19.8. The molecule has 1 heterocycles. The molecule has 0 saturated heterocycles. The molecule has 0 aliphatic rings. The van der Waals surface area contributed by atoms with Crippen molar-refractivity contribution >= 4 is 44.0 Å². The molecule has 146 valence electrons. The molecule has 0 aliphatic heterocycles. The van der Waals surface area contributed by atoms with Gasteiger partial charge in [-0.05, 0) is 68.7 Å². The minimum absolute atomic E-state index is 0.153. The highest BCUT2D eigenvalue weighted by Gasteiger charge is 2.15. The molecule has 2 N–H and O–H groups in total. The Kier molecular flexibility index (Phi) is 5.94. The number of nitrogens with zero attached hydrogens (tertiary/aromatic N) is 2. The molecule has 7 heteroatoms. The Morgan fingerprint density at radius 3 is 2.61 bits per heavy atom. The van der Waals surface area contributed by atoms with E-state index in [1.807, 2.05) is 26.8 Å². The van der Waals surface area contributed by atoms with Crippen LogP contribution in [0, 0.1) is 13.8 Å². The van der Waals surface area contributed by atoms with E-state index in [0.717, 1.165) is 50.0 Å². The van der Waals surface area contributed by atoms with Gasteiger partial charge in [-0.1, -0.05) is 18.3 Å². The SMILES string of the molecule is CC/C(C)=N\Nc1nc2cc(C)c(NC(=O)c3ccc(OC)cc3)c(C)c2s1. The first-order valence-electron chi connectivity index (χ1n) is 9.08. The number of anilines is 2. The van der Waals surface area contributed by atoms with Crippen LogP contribution in [0.25, 0.3) is 10.2 Å². The second-order valence-corrected chi connectivity index (χ2v) is 7.55. The molecule has 0 radical (unpaired) electrons. The number of carbonyl (C=O) groups excluding carboxylic acids is 1. The zero-order valence-electron chi connectivity index (χ0n) is 16.7. The van der Waals surface area contributed by atoms with Crippen LogP contribution in [0.5, 0.6) is 5.75 Å². The van der Waals surface area contributed by atoms with E-state index in [2.05, 4.69) is 27.8 Å². The van der Waals surface area contributed by atoms with Crippen LogP contribution < -0.4 is 15.5 Å². The number of fused-ring (bicyclic) bond motifs is 1. The molecule has 0 saturated carbocycles. The van der Waals surface area contributed by atoms with Crippen molar-refractivity contribution in [3.8, 4) is 5.75 Å². The number of methoxy groups -OCH3 is 1. The van der Waals surface area contributed by atoms with E-state index in [-0.39, 0.29) is 5.91 Å². The number of hydrogen-bond acceptors (Lipinski definition) is 6. The van der Waals surface area contributed by atoms with Crippen molar-refractivity contribution in [2.45, 2.75) is 34.1 Å². The van der Waals surface area contributed by atoms with Crippen molar-refractivity contribution in [3.05, 3.63) is 47.0 Å². The summed E-state index contributed by atoms with van der Waals surface area (Å²) in [5.74, 6) is 0.565. The topological polar surface area (TPSA) is 75.6 Å². The van der Waals surface area contributed by atoms with Gasteiger partial charge in [-0.25, -0.2) is 4.98 Å². The quantitative estimate of drug-likeness (QED) is 0.434. The fraction of sp³-hybridized carbons (Fsp3) is 0.286. The lowest BCUT2D eigenvalue weighted by Crippen LogP contribution is -2.13. The van der Waals surface area contributed by atoms with Gasteiger partial charge in [0.1, 0.15) is 5.75 Å². The lowest BCUT2D eigenvalue weighted by atomic mass is 10.1. The standard InChI is InChI=1S/C21H24N4O2S/c1-6-13(3)24-25-21-22-17-11-12(2)18(14(4)19(17)28-21)23-20(26)15-7-9-16(27-5)10-8-15/h7-11H,6H2,1-5H3,(H,22,25)(H,23,26)/b24-13-. The van der Waals surface area contributed by atoms with Crippen LogP contribution >= 0.6 is 11.3 Å². The minimum Gasteiger partial charge on any atom is -0.497 e.